The molecule has 0 saturated carbocycles. The third kappa shape index (κ3) is 4.81. The molecule has 2 aromatic carbocycles. The highest BCUT2D eigenvalue weighted by molar-refractivity contribution is 7.88. The van der Waals surface area contributed by atoms with Gasteiger partial charge in [-0.3, -0.25) is 0 Å². The lowest BCUT2D eigenvalue weighted by molar-refractivity contribution is 0.531. The molecule has 0 aliphatic rings. The molecule has 0 radical (unpaired) electrons. The summed E-state index contributed by atoms with van der Waals surface area (Å²) in [6.45, 7) is 3.81. The summed E-state index contributed by atoms with van der Waals surface area (Å²) in [5.74, 6) is 0.261. The summed E-state index contributed by atoms with van der Waals surface area (Å²) >= 11 is 0. The largest absolute Gasteiger partial charge is 0.441 e. The van der Waals surface area contributed by atoms with Crippen molar-refractivity contribution in [1.82, 2.24) is 9.71 Å². The average molecular weight is 388 g/mol. The SMILES string of the molecule is Cc1ccccc1CS(=O)(=O)NCCc1nc(-c2ccccc2F)oc1C. The Bertz CT molecular complexity index is 1040. The first-order valence-corrected chi connectivity index (χ1v) is 10.2. The minimum atomic E-state index is -3.46. The van der Waals surface area contributed by atoms with Gasteiger partial charge in [0.05, 0.1) is 17.0 Å². The van der Waals surface area contributed by atoms with Crippen molar-refractivity contribution in [2.24, 2.45) is 0 Å². The van der Waals surface area contributed by atoms with Crippen LogP contribution in [0.5, 0.6) is 0 Å². The zero-order chi connectivity index (χ0) is 19.4. The van der Waals surface area contributed by atoms with Gasteiger partial charge < -0.3 is 4.42 Å². The van der Waals surface area contributed by atoms with E-state index in [2.05, 4.69) is 9.71 Å². The number of aryl methyl sites for hydroxylation is 2. The molecule has 3 rings (SSSR count). The lowest BCUT2D eigenvalue weighted by Crippen LogP contribution is -2.27. The molecule has 0 aliphatic heterocycles. The minimum absolute atomic E-state index is 0.0715. The number of nitrogens with zero attached hydrogens (tertiary/aromatic N) is 1. The van der Waals surface area contributed by atoms with Crippen molar-refractivity contribution in [2.75, 3.05) is 6.54 Å². The number of hydrogen-bond donors (Lipinski definition) is 1. The van der Waals surface area contributed by atoms with Crippen molar-refractivity contribution in [3.63, 3.8) is 0 Å². The standard InChI is InChI=1S/C20H21FN2O3S/c1-14-7-3-4-8-16(14)13-27(24,25)22-12-11-19-15(2)26-20(23-19)17-9-5-6-10-18(17)21/h3-10,22H,11-13H2,1-2H3. The minimum Gasteiger partial charge on any atom is -0.441 e. The van der Waals surface area contributed by atoms with Crippen molar-refractivity contribution >= 4 is 10.0 Å². The molecule has 1 heterocycles. The maximum atomic E-state index is 13.9. The molecule has 0 spiro atoms. The predicted molar refractivity (Wildman–Crippen MR) is 102 cm³/mol. The number of halogens is 1. The smallest absolute Gasteiger partial charge is 0.229 e. The Morgan fingerprint density at radius 3 is 2.52 bits per heavy atom. The van der Waals surface area contributed by atoms with Gasteiger partial charge >= 0.3 is 0 Å². The summed E-state index contributed by atoms with van der Waals surface area (Å²) < 4.78 is 46.6. The van der Waals surface area contributed by atoms with Crippen LogP contribution in [0.2, 0.25) is 0 Å². The lowest BCUT2D eigenvalue weighted by atomic mass is 10.1. The highest BCUT2D eigenvalue weighted by Gasteiger charge is 2.16. The van der Waals surface area contributed by atoms with Crippen LogP contribution >= 0.6 is 0 Å². The first-order valence-electron chi connectivity index (χ1n) is 8.59. The van der Waals surface area contributed by atoms with Crippen LogP contribution in [0.25, 0.3) is 11.5 Å². The van der Waals surface area contributed by atoms with E-state index in [1.165, 1.54) is 6.07 Å². The van der Waals surface area contributed by atoms with Crippen LogP contribution < -0.4 is 4.72 Å². The van der Waals surface area contributed by atoms with Gasteiger partial charge in [-0.25, -0.2) is 22.5 Å². The fourth-order valence-corrected chi connectivity index (χ4v) is 4.01. The Balaban J connectivity index is 1.64. The fourth-order valence-electron chi connectivity index (χ4n) is 2.76. The number of oxazole rings is 1. The van der Waals surface area contributed by atoms with Crippen molar-refractivity contribution in [3.8, 4) is 11.5 Å². The second kappa shape index (κ2) is 8.02. The Morgan fingerprint density at radius 1 is 1.07 bits per heavy atom. The first kappa shape index (κ1) is 19.3. The molecule has 0 bridgehead atoms. The first-order chi connectivity index (χ1) is 12.9. The molecular weight excluding hydrogens is 367 g/mol. The molecule has 7 heteroatoms. The Hall–Kier alpha value is -2.51. The monoisotopic (exact) mass is 388 g/mol. The summed E-state index contributed by atoms with van der Waals surface area (Å²) in [4.78, 5) is 4.32. The van der Waals surface area contributed by atoms with Crippen LogP contribution in [0.3, 0.4) is 0 Å². The zero-order valence-corrected chi connectivity index (χ0v) is 16.0. The number of aromatic nitrogens is 1. The molecule has 0 fully saturated rings. The van der Waals surface area contributed by atoms with Gasteiger partial charge in [0, 0.05) is 13.0 Å². The van der Waals surface area contributed by atoms with Gasteiger partial charge in [0.15, 0.2) is 0 Å². The van der Waals surface area contributed by atoms with Crippen LogP contribution in [0.4, 0.5) is 4.39 Å². The van der Waals surface area contributed by atoms with E-state index < -0.39 is 15.8 Å². The van der Waals surface area contributed by atoms with Crippen LogP contribution in [0.1, 0.15) is 22.6 Å². The maximum Gasteiger partial charge on any atom is 0.229 e. The molecule has 0 saturated heterocycles. The Labute approximate surface area is 158 Å². The van der Waals surface area contributed by atoms with Gasteiger partial charge in [-0.2, -0.15) is 0 Å². The number of rotatable bonds is 7. The zero-order valence-electron chi connectivity index (χ0n) is 15.2. The molecule has 1 aromatic heterocycles. The third-order valence-electron chi connectivity index (χ3n) is 4.29. The van der Waals surface area contributed by atoms with Crippen LogP contribution in [0, 0.1) is 19.7 Å². The third-order valence-corrected chi connectivity index (χ3v) is 5.62. The van der Waals surface area contributed by atoms with E-state index in [-0.39, 0.29) is 23.8 Å². The van der Waals surface area contributed by atoms with E-state index in [0.717, 1.165) is 11.1 Å². The molecule has 142 valence electrons. The van der Waals surface area contributed by atoms with E-state index in [0.29, 0.717) is 17.9 Å². The van der Waals surface area contributed by atoms with Gasteiger partial charge in [0.1, 0.15) is 11.6 Å². The van der Waals surface area contributed by atoms with Gasteiger partial charge in [0.25, 0.3) is 0 Å². The van der Waals surface area contributed by atoms with Crippen LogP contribution in [-0.4, -0.2) is 19.9 Å². The fraction of sp³-hybridized carbons (Fsp3) is 0.250. The summed E-state index contributed by atoms with van der Waals surface area (Å²) in [5.41, 5.74) is 2.59. The number of sulfonamides is 1. The molecule has 5 nitrogen and oxygen atoms in total. The summed E-state index contributed by atoms with van der Waals surface area (Å²) in [7, 11) is -3.46. The molecule has 0 amide bonds. The molecule has 0 aliphatic carbocycles. The van der Waals surface area contributed by atoms with E-state index in [4.69, 9.17) is 4.42 Å². The molecule has 27 heavy (non-hydrogen) atoms. The summed E-state index contributed by atoms with van der Waals surface area (Å²) in [6.07, 6.45) is 0.358. The van der Waals surface area contributed by atoms with Gasteiger partial charge in [0.2, 0.25) is 15.9 Å². The Morgan fingerprint density at radius 2 is 1.78 bits per heavy atom. The summed E-state index contributed by atoms with van der Waals surface area (Å²) in [6, 6.07) is 13.6. The topological polar surface area (TPSA) is 72.2 Å². The number of hydrogen-bond acceptors (Lipinski definition) is 4. The highest BCUT2D eigenvalue weighted by atomic mass is 32.2. The Kier molecular flexibility index (Phi) is 5.72. The average Bonchev–Trinajstić information content (AvgIpc) is 2.98. The molecular formula is C20H21FN2O3S. The maximum absolute atomic E-state index is 13.9. The van der Waals surface area contributed by atoms with Crippen molar-refractivity contribution in [3.05, 3.63) is 76.9 Å². The number of nitrogens with one attached hydrogen (secondary N) is 1. The second-order valence-electron chi connectivity index (χ2n) is 6.33. The molecule has 0 atom stereocenters. The van der Waals surface area contributed by atoms with Crippen LogP contribution in [0.15, 0.2) is 52.9 Å². The lowest BCUT2D eigenvalue weighted by Gasteiger charge is -2.08. The summed E-state index contributed by atoms with van der Waals surface area (Å²) in [5, 5.41) is 0. The van der Waals surface area contributed by atoms with Crippen LogP contribution in [-0.2, 0) is 22.2 Å². The quantitative estimate of drug-likeness (QED) is 0.669. The predicted octanol–water partition coefficient (Wildman–Crippen LogP) is 3.76. The van der Waals surface area contributed by atoms with E-state index >= 15 is 0 Å². The molecule has 0 unspecified atom stereocenters. The van der Waals surface area contributed by atoms with Gasteiger partial charge in [-0.1, -0.05) is 36.4 Å². The second-order valence-corrected chi connectivity index (χ2v) is 8.14. The van der Waals surface area contributed by atoms with Crippen molar-refractivity contribution in [1.29, 1.82) is 0 Å². The molecule has 1 N–H and O–H groups in total. The molecule has 3 aromatic rings. The van der Waals surface area contributed by atoms with Gasteiger partial charge in [-0.05, 0) is 37.1 Å². The highest BCUT2D eigenvalue weighted by Crippen LogP contribution is 2.24. The van der Waals surface area contributed by atoms with Gasteiger partial charge in [-0.15, -0.1) is 0 Å². The van der Waals surface area contributed by atoms with E-state index in [1.54, 1.807) is 31.2 Å². The van der Waals surface area contributed by atoms with E-state index in [1.807, 2.05) is 25.1 Å². The number of benzene rings is 2. The van der Waals surface area contributed by atoms with E-state index in [9.17, 15) is 12.8 Å². The van der Waals surface area contributed by atoms with Crippen molar-refractivity contribution in [2.45, 2.75) is 26.0 Å². The normalized spacial score (nSPS) is 11.7. The van der Waals surface area contributed by atoms with Crippen molar-refractivity contribution < 1.29 is 17.2 Å².